The lowest BCUT2D eigenvalue weighted by Crippen LogP contribution is -2.22. The number of aromatic nitrogens is 1. The van der Waals surface area contributed by atoms with Crippen LogP contribution in [0.4, 0.5) is 5.82 Å². The first-order valence-corrected chi connectivity index (χ1v) is 8.21. The number of rotatable bonds is 5. The number of benzene rings is 1. The highest BCUT2D eigenvalue weighted by Gasteiger charge is 2.20. The van der Waals surface area contributed by atoms with E-state index in [0.717, 1.165) is 5.56 Å². The molecule has 26 heavy (non-hydrogen) atoms. The summed E-state index contributed by atoms with van der Waals surface area (Å²) < 4.78 is 11.3. The molecule has 1 aliphatic heterocycles. The molecular weight excluding hydrogens is 334 g/mol. The molecule has 0 fully saturated rings. The number of anilines is 1. The number of hydrogen-bond acceptors (Lipinski definition) is 5. The van der Waals surface area contributed by atoms with E-state index in [9.17, 15) is 9.59 Å². The third-order valence-corrected chi connectivity index (χ3v) is 3.80. The summed E-state index contributed by atoms with van der Waals surface area (Å²) in [5.41, 5.74) is 1.68. The molecule has 7 heteroatoms. The Hall–Kier alpha value is -3.35. The van der Waals surface area contributed by atoms with Gasteiger partial charge >= 0.3 is 0 Å². The van der Waals surface area contributed by atoms with Gasteiger partial charge in [-0.05, 0) is 31.2 Å². The second-order valence-electron chi connectivity index (χ2n) is 5.53. The van der Waals surface area contributed by atoms with Crippen LogP contribution in [0.25, 0.3) is 6.08 Å². The van der Waals surface area contributed by atoms with Crippen LogP contribution in [0.2, 0.25) is 0 Å². The van der Waals surface area contributed by atoms with Gasteiger partial charge in [0, 0.05) is 18.8 Å². The van der Waals surface area contributed by atoms with Crippen molar-refractivity contribution in [3.63, 3.8) is 0 Å². The van der Waals surface area contributed by atoms with Gasteiger partial charge < -0.3 is 20.1 Å². The zero-order valence-corrected chi connectivity index (χ0v) is 14.5. The lowest BCUT2D eigenvalue weighted by molar-refractivity contribution is -0.113. The number of amides is 2. The molecule has 0 bridgehead atoms. The van der Waals surface area contributed by atoms with E-state index in [1.54, 1.807) is 25.3 Å². The van der Waals surface area contributed by atoms with Crippen LogP contribution in [-0.4, -0.2) is 37.1 Å². The second kappa shape index (κ2) is 7.69. The van der Waals surface area contributed by atoms with Crippen LogP contribution in [0.3, 0.4) is 0 Å². The summed E-state index contributed by atoms with van der Waals surface area (Å²) in [4.78, 5) is 28.0. The molecule has 2 amide bonds. The molecule has 0 saturated heterocycles. The predicted octanol–water partition coefficient (Wildman–Crippen LogP) is 2.25. The van der Waals surface area contributed by atoms with Crippen molar-refractivity contribution in [3.8, 4) is 11.5 Å². The van der Waals surface area contributed by atoms with Gasteiger partial charge in [-0.25, -0.2) is 4.98 Å². The predicted molar refractivity (Wildman–Crippen MR) is 97.3 cm³/mol. The fourth-order valence-electron chi connectivity index (χ4n) is 2.52. The largest absolute Gasteiger partial charge is 0.490 e. The van der Waals surface area contributed by atoms with Crippen LogP contribution in [0.1, 0.15) is 22.8 Å². The molecule has 2 N–H and O–H groups in total. The monoisotopic (exact) mass is 353 g/mol. The van der Waals surface area contributed by atoms with Crippen LogP contribution in [0.5, 0.6) is 11.5 Å². The van der Waals surface area contributed by atoms with Crippen LogP contribution >= 0.6 is 0 Å². The number of para-hydroxylation sites is 1. The summed E-state index contributed by atoms with van der Waals surface area (Å²) in [5.74, 6) is 1.11. The van der Waals surface area contributed by atoms with Crippen molar-refractivity contribution >= 4 is 23.7 Å². The number of hydrogen-bond donors (Lipinski definition) is 2. The summed E-state index contributed by atoms with van der Waals surface area (Å²) >= 11 is 0. The molecule has 1 aromatic carbocycles. The minimum absolute atomic E-state index is 0.138. The highest BCUT2D eigenvalue weighted by molar-refractivity contribution is 6.07. The number of nitrogens with zero attached hydrogens (tertiary/aromatic N) is 1. The Balaban J connectivity index is 1.74. The normalized spacial score (nSPS) is 12.3. The molecule has 0 saturated carbocycles. The standard InChI is InChI=1S/C19H19N3O4/c1-3-25-15-6-4-5-12-9-14(11-26-17(12)15)19(24)22-16-8-7-13(10-21-16)18(23)20-2/h4-10H,3,11H2,1-2H3,(H,20,23)(H,21,22,24). The first-order valence-electron chi connectivity index (χ1n) is 8.21. The Bertz CT molecular complexity index is 860. The highest BCUT2D eigenvalue weighted by Crippen LogP contribution is 2.35. The Morgan fingerprint density at radius 1 is 1.23 bits per heavy atom. The smallest absolute Gasteiger partial charge is 0.256 e. The van der Waals surface area contributed by atoms with Crippen molar-refractivity contribution in [2.24, 2.45) is 0 Å². The minimum atomic E-state index is -0.308. The summed E-state index contributed by atoms with van der Waals surface area (Å²) in [7, 11) is 1.54. The van der Waals surface area contributed by atoms with E-state index in [-0.39, 0.29) is 18.4 Å². The van der Waals surface area contributed by atoms with Gasteiger partial charge in [0.05, 0.1) is 17.7 Å². The van der Waals surface area contributed by atoms with Crippen LogP contribution < -0.4 is 20.1 Å². The molecule has 2 aromatic rings. The third-order valence-electron chi connectivity index (χ3n) is 3.80. The van der Waals surface area contributed by atoms with Gasteiger partial charge in [0.15, 0.2) is 11.5 Å². The van der Waals surface area contributed by atoms with E-state index in [1.165, 1.54) is 6.20 Å². The van der Waals surface area contributed by atoms with E-state index in [2.05, 4.69) is 15.6 Å². The molecule has 2 heterocycles. The fourth-order valence-corrected chi connectivity index (χ4v) is 2.52. The van der Waals surface area contributed by atoms with E-state index in [0.29, 0.717) is 35.1 Å². The van der Waals surface area contributed by atoms with Crippen molar-refractivity contribution in [2.75, 3.05) is 25.6 Å². The number of carbonyl (C=O) groups is 2. The molecular formula is C19H19N3O4. The molecule has 7 nitrogen and oxygen atoms in total. The molecule has 0 aliphatic carbocycles. The molecule has 3 rings (SSSR count). The summed E-state index contributed by atoms with van der Waals surface area (Å²) in [5, 5.41) is 5.22. The van der Waals surface area contributed by atoms with Gasteiger partial charge in [0.25, 0.3) is 11.8 Å². The van der Waals surface area contributed by atoms with Gasteiger partial charge in [-0.15, -0.1) is 0 Å². The average Bonchev–Trinajstić information content (AvgIpc) is 2.68. The second-order valence-corrected chi connectivity index (χ2v) is 5.53. The molecule has 134 valence electrons. The Morgan fingerprint density at radius 3 is 2.77 bits per heavy atom. The highest BCUT2D eigenvalue weighted by atomic mass is 16.5. The van der Waals surface area contributed by atoms with Crippen molar-refractivity contribution < 1.29 is 19.1 Å². The van der Waals surface area contributed by atoms with Crippen molar-refractivity contribution in [1.29, 1.82) is 0 Å². The van der Waals surface area contributed by atoms with Crippen molar-refractivity contribution in [2.45, 2.75) is 6.92 Å². The summed E-state index contributed by atoms with van der Waals surface area (Å²) in [6, 6.07) is 8.72. The number of nitrogens with one attached hydrogen (secondary N) is 2. The lowest BCUT2D eigenvalue weighted by atomic mass is 10.1. The van der Waals surface area contributed by atoms with E-state index < -0.39 is 0 Å². The number of ether oxygens (including phenoxy) is 2. The topological polar surface area (TPSA) is 89.5 Å². The summed E-state index contributed by atoms with van der Waals surface area (Å²) in [6.07, 6.45) is 3.18. The Morgan fingerprint density at radius 2 is 2.08 bits per heavy atom. The molecule has 0 unspecified atom stereocenters. The maximum absolute atomic E-state index is 12.5. The molecule has 0 atom stereocenters. The molecule has 0 radical (unpaired) electrons. The first-order chi connectivity index (χ1) is 12.6. The maximum atomic E-state index is 12.5. The number of carbonyl (C=O) groups excluding carboxylic acids is 2. The third kappa shape index (κ3) is 3.66. The SMILES string of the molecule is CCOc1cccc2c1OCC(C(=O)Nc1ccc(C(=O)NC)cn1)=C2. The zero-order chi connectivity index (χ0) is 18.5. The van der Waals surface area contributed by atoms with Crippen LogP contribution in [0, 0.1) is 0 Å². The average molecular weight is 353 g/mol. The Kier molecular flexibility index (Phi) is 5.17. The van der Waals surface area contributed by atoms with Gasteiger partial charge in [-0.3, -0.25) is 9.59 Å². The van der Waals surface area contributed by atoms with E-state index in [1.807, 2.05) is 25.1 Å². The molecule has 1 aliphatic rings. The first kappa shape index (κ1) is 17.5. The fraction of sp³-hybridized carbons (Fsp3) is 0.211. The number of fused-ring (bicyclic) bond motifs is 1. The molecule has 0 spiro atoms. The quantitative estimate of drug-likeness (QED) is 0.861. The van der Waals surface area contributed by atoms with Crippen LogP contribution in [-0.2, 0) is 4.79 Å². The van der Waals surface area contributed by atoms with Gasteiger partial charge in [-0.1, -0.05) is 12.1 Å². The van der Waals surface area contributed by atoms with Crippen LogP contribution in [0.15, 0.2) is 42.1 Å². The van der Waals surface area contributed by atoms with Gasteiger partial charge in [0.2, 0.25) is 0 Å². The molecule has 1 aromatic heterocycles. The zero-order valence-electron chi connectivity index (χ0n) is 14.5. The maximum Gasteiger partial charge on any atom is 0.256 e. The van der Waals surface area contributed by atoms with E-state index in [4.69, 9.17) is 9.47 Å². The minimum Gasteiger partial charge on any atom is -0.490 e. The number of pyridine rings is 1. The van der Waals surface area contributed by atoms with E-state index >= 15 is 0 Å². The lowest BCUT2D eigenvalue weighted by Gasteiger charge is -2.20. The van der Waals surface area contributed by atoms with Gasteiger partial charge in [-0.2, -0.15) is 0 Å². The Labute approximate surface area is 151 Å². The summed E-state index contributed by atoms with van der Waals surface area (Å²) in [6.45, 7) is 2.58. The van der Waals surface area contributed by atoms with Gasteiger partial charge in [0.1, 0.15) is 12.4 Å². The van der Waals surface area contributed by atoms with Crippen molar-refractivity contribution in [1.82, 2.24) is 10.3 Å². The van der Waals surface area contributed by atoms with Crippen molar-refractivity contribution in [3.05, 3.63) is 53.2 Å².